The second kappa shape index (κ2) is 6.04. The van der Waals surface area contributed by atoms with Crippen molar-refractivity contribution in [1.29, 1.82) is 0 Å². The van der Waals surface area contributed by atoms with E-state index in [0.717, 1.165) is 0 Å². The van der Waals surface area contributed by atoms with Gasteiger partial charge in [0.15, 0.2) is 0 Å². The molecule has 0 unspecified atom stereocenters. The third kappa shape index (κ3) is 4.14. The summed E-state index contributed by atoms with van der Waals surface area (Å²) in [6.07, 6.45) is 1.37. The van der Waals surface area contributed by atoms with E-state index in [2.05, 4.69) is 52.9 Å². The molecule has 0 aliphatic carbocycles. The van der Waals surface area contributed by atoms with Crippen LogP contribution < -0.4 is 4.46 Å². The Hall–Kier alpha value is 0.469. The van der Waals surface area contributed by atoms with E-state index < -0.39 is 0 Å². The van der Waals surface area contributed by atoms with Crippen LogP contribution in [0.2, 0.25) is 5.32 Å². The van der Waals surface area contributed by atoms with Gasteiger partial charge in [0.05, 0.1) is 0 Å². The van der Waals surface area contributed by atoms with Gasteiger partial charge in [-0.2, -0.15) is 0 Å². The molecule has 1 aromatic rings. The molecule has 0 radical (unpaired) electrons. The Balaban J connectivity index is 2.28. The van der Waals surface area contributed by atoms with E-state index in [1.165, 1.54) is 20.6 Å². The first-order chi connectivity index (χ1) is 5.43. The van der Waals surface area contributed by atoms with Crippen molar-refractivity contribution in [2.45, 2.75) is 11.7 Å². The van der Waals surface area contributed by atoms with Gasteiger partial charge < -0.3 is 0 Å². The summed E-state index contributed by atoms with van der Waals surface area (Å²) in [6.45, 7) is 0. The fourth-order valence-corrected chi connectivity index (χ4v) is 4.14. The summed E-state index contributed by atoms with van der Waals surface area (Å²) < 4.78 is 2.83. The molecule has 0 saturated carbocycles. The summed E-state index contributed by atoms with van der Waals surface area (Å²) in [5.41, 5.74) is 0. The first-order valence-corrected chi connectivity index (χ1v) is 7.26. The van der Waals surface area contributed by atoms with Crippen molar-refractivity contribution in [2.24, 2.45) is 0 Å². The number of rotatable bonds is 4. The Kier molecular flexibility index (Phi) is 5.25. The van der Waals surface area contributed by atoms with E-state index in [9.17, 15) is 0 Å². The first kappa shape index (κ1) is 9.56. The molecule has 0 aliphatic rings. The zero-order valence-corrected chi connectivity index (χ0v) is 10.2. The van der Waals surface area contributed by atoms with Gasteiger partial charge in [-0.1, -0.05) is 0 Å². The molecule has 0 bridgehead atoms. The summed E-state index contributed by atoms with van der Waals surface area (Å²) in [7, 11) is 0. The Morgan fingerprint density at radius 2 is 1.91 bits per heavy atom. The van der Waals surface area contributed by atoms with Crippen LogP contribution in [-0.2, 0) is 0 Å². The van der Waals surface area contributed by atoms with Crippen LogP contribution in [0.25, 0.3) is 0 Å². The second-order valence-electron chi connectivity index (χ2n) is 2.20. The van der Waals surface area contributed by atoms with E-state index in [1.54, 1.807) is 0 Å². The maximum absolute atomic E-state index is 2.44. The van der Waals surface area contributed by atoms with Gasteiger partial charge in [0.25, 0.3) is 0 Å². The van der Waals surface area contributed by atoms with Gasteiger partial charge in [-0.25, -0.2) is 0 Å². The van der Waals surface area contributed by atoms with E-state index in [-0.39, 0.29) is 0 Å². The Morgan fingerprint density at radius 1 is 1.18 bits per heavy atom. The molecule has 0 nitrogen and oxygen atoms in total. The van der Waals surface area contributed by atoms with Gasteiger partial charge in [0, 0.05) is 0 Å². The molecule has 11 heavy (non-hydrogen) atoms. The molecule has 0 fully saturated rings. The molecule has 0 saturated heterocycles. The molecule has 1 rings (SSSR count). The topological polar surface area (TPSA) is 0 Å². The predicted octanol–water partition coefficient (Wildman–Crippen LogP) is 2.26. The number of hydrogen-bond acceptors (Lipinski definition) is 0. The minimum atomic E-state index is 0.715. The standard InChI is InChI=1S/C9H11ISe/c10-7-4-8-11-9-5-2-1-3-6-9/h1-3,5-6H,4,7-8H2. The van der Waals surface area contributed by atoms with Crippen LogP contribution >= 0.6 is 22.6 Å². The summed E-state index contributed by atoms with van der Waals surface area (Å²) in [4.78, 5) is 0. The summed E-state index contributed by atoms with van der Waals surface area (Å²) in [5.74, 6) is 0. The molecule has 0 spiro atoms. The third-order valence-corrected chi connectivity index (χ3v) is 4.36. The second-order valence-corrected chi connectivity index (χ2v) is 5.73. The Bertz CT molecular complexity index is 186. The molecule has 1 aromatic carbocycles. The number of halogens is 1. The van der Waals surface area contributed by atoms with Crippen LogP contribution in [-0.4, -0.2) is 19.4 Å². The van der Waals surface area contributed by atoms with Crippen LogP contribution in [0, 0.1) is 0 Å². The predicted molar refractivity (Wildman–Crippen MR) is 60.1 cm³/mol. The zero-order valence-electron chi connectivity index (χ0n) is 6.29. The molecule has 2 heteroatoms. The van der Waals surface area contributed by atoms with Crippen molar-refractivity contribution < 1.29 is 0 Å². The molecule has 0 aliphatic heterocycles. The molecule has 0 amide bonds. The average Bonchev–Trinajstić information content (AvgIpc) is 2.07. The van der Waals surface area contributed by atoms with Crippen molar-refractivity contribution in [3.63, 3.8) is 0 Å². The van der Waals surface area contributed by atoms with Crippen LogP contribution in [0.1, 0.15) is 6.42 Å². The van der Waals surface area contributed by atoms with Gasteiger partial charge in [-0.05, 0) is 0 Å². The minimum absolute atomic E-state index is 0.715. The average molecular weight is 325 g/mol. The summed E-state index contributed by atoms with van der Waals surface area (Å²) >= 11 is 3.15. The molecule has 0 atom stereocenters. The van der Waals surface area contributed by atoms with Crippen LogP contribution in [0.15, 0.2) is 30.3 Å². The van der Waals surface area contributed by atoms with Gasteiger partial charge in [0.1, 0.15) is 0 Å². The monoisotopic (exact) mass is 326 g/mol. The maximum atomic E-state index is 2.44. The number of benzene rings is 1. The van der Waals surface area contributed by atoms with E-state index in [0.29, 0.717) is 15.0 Å². The molecule has 60 valence electrons. The van der Waals surface area contributed by atoms with Gasteiger partial charge >= 0.3 is 88.5 Å². The quantitative estimate of drug-likeness (QED) is 0.345. The van der Waals surface area contributed by atoms with Gasteiger partial charge in [0.2, 0.25) is 0 Å². The van der Waals surface area contributed by atoms with E-state index in [4.69, 9.17) is 0 Å². The fraction of sp³-hybridized carbons (Fsp3) is 0.333. The SMILES string of the molecule is ICCC[Se]c1ccccc1. The van der Waals surface area contributed by atoms with Crippen molar-refractivity contribution in [1.82, 2.24) is 0 Å². The van der Waals surface area contributed by atoms with E-state index >= 15 is 0 Å². The van der Waals surface area contributed by atoms with Crippen molar-refractivity contribution in [2.75, 3.05) is 4.43 Å². The van der Waals surface area contributed by atoms with Crippen LogP contribution in [0.4, 0.5) is 0 Å². The van der Waals surface area contributed by atoms with Crippen molar-refractivity contribution >= 4 is 42.0 Å². The van der Waals surface area contributed by atoms with Crippen molar-refractivity contribution in [3.05, 3.63) is 30.3 Å². The summed E-state index contributed by atoms with van der Waals surface area (Å²) in [6, 6.07) is 10.8. The van der Waals surface area contributed by atoms with Gasteiger partial charge in [-0.3, -0.25) is 0 Å². The molecular formula is C9H11ISe. The molecule has 0 aromatic heterocycles. The zero-order chi connectivity index (χ0) is 7.94. The number of hydrogen-bond donors (Lipinski definition) is 0. The van der Waals surface area contributed by atoms with Crippen LogP contribution in [0.3, 0.4) is 0 Å². The normalized spacial score (nSPS) is 9.91. The first-order valence-electron chi connectivity index (χ1n) is 3.67. The third-order valence-electron chi connectivity index (χ3n) is 1.29. The molecule has 0 heterocycles. The molecular weight excluding hydrogens is 314 g/mol. The fourth-order valence-electron chi connectivity index (χ4n) is 0.761. The van der Waals surface area contributed by atoms with Crippen LogP contribution in [0.5, 0.6) is 0 Å². The Morgan fingerprint density at radius 3 is 2.55 bits per heavy atom. The number of alkyl halides is 1. The summed E-state index contributed by atoms with van der Waals surface area (Å²) in [5, 5.41) is 1.39. The molecule has 0 N–H and O–H groups in total. The van der Waals surface area contributed by atoms with Gasteiger partial charge in [-0.15, -0.1) is 0 Å². The van der Waals surface area contributed by atoms with Crippen molar-refractivity contribution in [3.8, 4) is 0 Å². The van der Waals surface area contributed by atoms with E-state index in [1.807, 2.05) is 0 Å². The Labute approximate surface area is 88.1 Å².